The van der Waals surface area contributed by atoms with E-state index in [9.17, 15) is 0 Å². The van der Waals surface area contributed by atoms with E-state index in [-0.39, 0.29) is 0 Å². The molecular formula is C17H28N2O. The molecule has 2 aliphatic heterocycles. The molecule has 3 nitrogen and oxygen atoms in total. The first-order chi connectivity index (χ1) is 9.63. The van der Waals surface area contributed by atoms with Crippen LogP contribution in [0.4, 0.5) is 0 Å². The van der Waals surface area contributed by atoms with E-state index in [2.05, 4.69) is 35.8 Å². The molecule has 0 aromatic carbocycles. The Morgan fingerprint density at radius 1 is 1.35 bits per heavy atom. The first-order valence-electron chi connectivity index (χ1n) is 8.18. The second kappa shape index (κ2) is 5.90. The predicted octanol–water partition coefficient (Wildman–Crippen LogP) is 3.25. The summed E-state index contributed by atoms with van der Waals surface area (Å²) < 4.78 is 5.75. The minimum atomic E-state index is 0.525. The molecule has 1 aromatic heterocycles. The van der Waals surface area contributed by atoms with Crippen LogP contribution < -0.4 is 0 Å². The molecule has 2 saturated heterocycles. The number of fused-ring (bicyclic) bond motifs is 1. The van der Waals surface area contributed by atoms with Gasteiger partial charge in [-0.05, 0) is 58.3 Å². The van der Waals surface area contributed by atoms with Crippen molar-refractivity contribution in [1.82, 2.24) is 9.80 Å². The van der Waals surface area contributed by atoms with Crippen molar-refractivity contribution in [3.8, 4) is 0 Å². The molecule has 0 saturated carbocycles. The van der Waals surface area contributed by atoms with Gasteiger partial charge in [0.25, 0.3) is 0 Å². The van der Waals surface area contributed by atoms with Crippen LogP contribution in [0.25, 0.3) is 0 Å². The minimum absolute atomic E-state index is 0.525. The van der Waals surface area contributed by atoms with Crippen LogP contribution in [-0.2, 0) is 0 Å². The molecule has 0 amide bonds. The fourth-order valence-electron chi connectivity index (χ4n) is 3.78. The van der Waals surface area contributed by atoms with Gasteiger partial charge in [0.05, 0.1) is 0 Å². The Balaban J connectivity index is 1.52. The fraction of sp³-hybridized carbons (Fsp3) is 0.765. The molecule has 20 heavy (non-hydrogen) atoms. The zero-order chi connectivity index (χ0) is 14.1. The molecule has 0 bridgehead atoms. The third kappa shape index (κ3) is 2.94. The van der Waals surface area contributed by atoms with Crippen molar-refractivity contribution in [2.45, 2.75) is 58.0 Å². The highest BCUT2D eigenvalue weighted by Crippen LogP contribution is 2.27. The van der Waals surface area contributed by atoms with Crippen LogP contribution in [0.3, 0.4) is 0 Å². The molecule has 2 aliphatic rings. The number of rotatable bonds is 4. The van der Waals surface area contributed by atoms with Gasteiger partial charge < -0.3 is 4.42 Å². The van der Waals surface area contributed by atoms with E-state index in [0.717, 1.165) is 17.6 Å². The van der Waals surface area contributed by atoms with Crippen LogP contribution >= 0.6 is 0 Å². The summed E-state index contributed by atoms with van der Waals surface area (Å²) in [5.74, 6) is 2.70. The van der Waals surface area contributed by atoms with Crippen LogP contribution in [0, 0.1) is 6.92 Å². The Labute approximate surface area is 122 Å². The van der Waals surface area contributed by atoms with E-state index < -0.39 is 0 Å². The normalized spacial score (nSPS) is 29.6. The van der Waals surface area contributed by atoms with Gasteiger partial charge in [-0.2, -0.15) is 0 Å². The number of hydrogen-bond acceptors (Lipinski definition) is 3. The summed E-state index contributed by atoms with van der Waals surface area (Å²) in [5.41, 5.74) is 0. The molecule has 3 rings (SSSR count). The molecule has 0 radical (unpaired) electrons. The van der Waals surface area contributed by atoms with Gasteiger partial charge in [-0.3, -0.25) is 9.80 Å². The maximum absolute atomic E-state index is 5.75. The first kappa shape index (κ1) is 14.2. The monoisotopic (exact) mass is 276 g/mol. The molecule has 2 fully saturated rings. The fourth-order valence-corrected chi connectivity index (χ4v) is 3.78. The van der Waals surface area contributed by atoms with Gasteiger partial charge in [0, 0.05) is 31.1 Å². The highest BCUT2D eigenvalue weighted by Gasteiger charge is 2.34. The van der Waals surface area contributed by atoms with E-state index >= 15 is 0 Å². The third-order valence-corrected chi connectivity index (χ3v) is 5.16. The van der Waals surface area contributed by atoms with Gasteiger partial charge in [-0.1, -0.05) is 6.92 Å². The summed E-state index contributed by atoms with van der Waals surface area (Å²) in [6.45, 7) is 11.8. The van der Waals surface area contributed by atoms with E-state index in [1.807, 2.05) is 6.92 Å². The molecule has 0 N–H and O–H groups in total. The quantitative estimate of drug-likeness (QED) is 0.841. The van der Waals surface area contributed by atoms with Crippen LogP contribution in [-0.4, -0.2) is 48.1 Å². The number of furan rings is 1. The van der Waals surface area contributed by atoms with Gasteiger partial charge in [0.2, 0.25) is 0 Å². The van der Waals surface area contributed by atoms with E-state index in [1.165, 1.54) is 45.4 Å². The van der Waals surface area contributed by atoms with Crippen LogP contribution in [0.5, 0.6) is 0 Å². The van der Waals surface area contributed by atoms with Crippen molar-refractivity contribution in [2.24, 2.45) is 0 Å². The van der Waals surface area contributed by atoms with Crippen LogP contribution in [0.2, 0.25) is 0 Å². The van der Waals surface area contributed by atoms with Gasteiger partial charge in [-0.25, -0.2) is 0 Å². The molecule has 1 aromatic rings. The molecule has 3 heteroatoms. The van der Waals surface area contributed by atoms with Crippen molar-refractivity contribution in [2.75, 3.05) is 26.2 Å². The second-order valence-electron chi connectivity index (χ2n) is 6.77. The number of piperazine rings is 1. The molecule has 2 unspecified atom stereocenters. The lowest BCUT2D eigenvalue weighted by Gasteiger charge is -2.42. The van der Waals surface area contributed by atoms with Gasteiger partial charge in [0.1, 0.15) is 11.5 Å². The largest absolute Gasteiger partial charge is 0.466 e. The summed E-state index contributed by atoms with van der Waals surface area (Å²) in [5, 5.41) is 0. The summed E-state index contributed by atoms with van der Waals surface area (Å²) in [6, 6.07) is 5.74. The van der Waals surface area contributed by atoms with E-state index in [0.29, 0.717) is 12.0 Å². The third-order valence-electron chi connectivity index (χ3n) is 5.16. The zero-order valence-electron chi connectivity index (χ0n) is 13.1. The Morgan fingerprint density at radius 2 is 2.20 bits per heavy atom. The summed E-state index contributed by atoms with van der Waals surface area (Å²) in [7, 11) is 0. The number of hydrogen-bond donors (Lipinski definition) is 0. The maximum atomic E-state index is 5.75. The topological polar surface area (TPSA) is 19.6 Å². The van der Waals surface area contributed by atoms with Crippen molar-refractivity contribution in [3.63, 3.8) is 0 Å². The van der Waals surface area contributed by atoms with Crippen LogP contribution in [0.15, 0.2) is 16.5 Å². The smallest absolute Gasteiger partial charge is 0.107 e. The van der Waals surface area contributed by atoms with E-state index in [1.54, 1.807) is 0 Å². The predicted molar refractivity (Wildman–Crippen MR) is 82.1 cm³/mol. The lowest BCUT2D eigenvalue weighted by atomic mass is 10.0. The Hall–Kier alpha value is -0.800. The summed E-state index contributed by atoms with van der Waals surface area (Å²) in [4.78, 5) is 5.39. The van der Waals surface area contributed by atoms with Crippen molar-refractivity contribution >= 4 is 0 Å². The molecule has 3 heterocycles. The highest BCUT2D eigenvalue weighted by atomic mass is 16.3. The van der Waals surface area contributed by atoms with Gasteiger partial charge in [-0.15, -0.1) is 0 Å². The molecule has 112 valence electrons. The van der Waals surface area contributed by atoms with E-state index in [4.69, 9.17) is 4.42 Å². The average molecular weight is 276 g/mol. The average Bonchev–Trinajstić information content (AvgIpc) is 3.04. The summed E-state index contributed by atoms with van der Waals surface area (Å²) >= 11 is 0. The van der Waals surface area contributed by atoms with Crippen molar-refractivity contribution in [1.29, 1.82) is 0 Å². The molecule has 0 aliphatic carbocycles. The minimum Gasteiger partial charge on any atom is -0.466 e. The second-order valence-corrected chi connectivity index (χ2v) is 6.77. The first-order valence-corrected chi connectivity index (χ1v) is 8.18. The number of aryl methyl sites for hydroxylation is 1. The summed E-state index contributed by atoms with van der Waals surface area (Å²) in [6.07, 6.45) is 3.99. The van der Waals surface area contributed by atoms with Gasteiger partial charge in [0.15, 0.2) is 0 Å². The van der Waals surface area contributed by atoms with Crippen molar-refractivity contribution in [3.05, 3.63) is 23.7 Å². The Morgan fingerprint density at radius 3 is 2.95 bits per heavy atom. The molecule has 0 spiro atoms. The Bertz CT molecular complexity index is 442. The molecular weight excluding hydrogens is 248 g/mol. The molecule has 3 atom stereocenters. The zero-order valence-corrected chi connectivity index (χ0v) is 13.1. The SMILES string of the molecule is Cc1ccc(C(C)CCN2CC3CCCN3C[C@@H]2C)o1. The maximum Gasteiger partial charge on any atom is 0.107 e. The lowest BCUT2D eigenvalue weighted by Crippen LogP contribution is -2.55. The standard InChI is InChI=1S/C17H28N2O/c1-13(17-7-6-15(3)20-17)8-10-18-12-16-5-4-9-19(16)11-14(18)2/h6-7,13-14,16H,4-5,8-12H2,1-3H3/t13?,14-,16?/m0/s1. The number of nitrogens with zero attached hydrogens (tertiary/aromatic N) is 2. The highest BCUT2D eigenvalue weighted by molar-refractivity contribution is 5.09. The van der Waals surface area contributed by atoms with Crippen LogP contribution in [0.1, 0.15) is 50.5 Å². The lowest BCUT2D eigenvalue weighted by molar-refractivity contribution is 0.0573. The van der Waals surface area contributed by atoms with Gasteiger partial charge >= 0.3 is 0 Å². The van der Waals surface area contributed by atoms with Crippen molar-refractivity contribution < 1.29 is 4.42 Å². The Kier molecular flexibility index (Phi) is 4.18.